The van der Waals surface area contributed by atoms with Crippen LogP contribution in [0.4, 0.5) is 11.7 Å². The summed E-state index contributed by atoms with van der Waals surface area (Å²) in [7, 11) is 0. The summed E-state index contributed by atoms with van der Waals surface area (Å²) < 4.78 is 5.57. The summed E-state index contributed by atoms with van der Waals surface area (Å²) in [4.78, 5) is 4.34. The van der Waals surface area contributed by atoms with Crippen molar-refractivity contribution in [2.24, 2.45) is 5.92 Å². The molecule has 0 saturated heterocycles. The molecule has 3 rings (SSSR count). The Bertz CT molecular complexity index is 516. The fourth-order valence-corrected chi connectivity index (χ4v) is 2.04. The van der Waals surface area contributed by atoms with Gasteiger partial charge in [0.2, 0.25) is 0 Å². The fourth-order valence-electron chi connectivity index (χ4n) is 2.04. The second-order valence-corrected chi connectivity index (χ2v) is 4.73. The van der Waals surface area contributed by atoms with Crippen LogP contribution in [0, 0.1) is 5.92 Å². The summed E-state index contributed by atoms with van der Waals surface area (Å²) in [5.74, 6) is 0.982. The number of nitrogens with zero attached hydrogens (tertiary/aromatic N) is 1. The lowest BCUT2D eigenvalue weighted by atomic mass is 10.2. The molecule has 1 heterocycles. The van der Waals surface area contributed by atoms with Gasteiger partial charge in [0.1, 0.15) is 5.52 Å². The number of rotatable bonds is 5. The van der Waals surface area contributed by atoms with Crippen LogP contribution in [0.2, 0.25) is 0 Å². The van der Waals surface area contributed by atoms with E-state index in [9.17, 15) is 0 Å². The number of nitrogens with one attached hydrogen (secondary N) is 1. The molecule has 0 spiro atoms. The fraction of sp³-hybridized carbons (Fsp3) is 0.462. The number of fused-ring (bicyclic) bond motifs is 1. The van der Waals surface area contributed by atoms with Crippen molar-refractivity contribution in [2.45, 2.75) is 25.7 Å². The third-order valence-electron chi connectivity index (χ3n) is 3.21. The van der Waals surface area contributed by atoms with E-state index in [0.717, 1.165) is 23.6 Å². The van der Waals surface area contributed by atoms with Gasteiger partial charge in [0.05, 0.1) is 5.69 Å². The Morgan fingerprint density at radius 2 is 2.29 bits per heavy atom. The number of aromatic nitrogens is 1. The Kier molecular flexibility index (Phi) is 2.63. The average molecular weight is 231 g/mol. The molecule has 0 unspecified atom stereocenters. The number of hydrogen-bond acceptors (Lipinski definition) is 4. The van der Waals surface area contributed by atoms with Gasteiger partial charge in [-0.2, -0.15) is 4.98 Å². The maximum atomic E-state index is 5.82. The lowest BCUT2D eigenvalue weighted by Gasteiger charge is -1.99. The van der Waals surface area contributed by atoms with Crippen molar-refractivity contribution >= 4 is 22.8 Å². The summed E-state index contributed by atoms with van der Waals surface area (Å²) in [6.07, 6.45) is 5.33. The molecule has 1 saturated carbocycles. The summed E-state index contributed by atoms with van der Waals surface area (Å²) in [5.41, 5.74) is 7.98. The second kappa shape index (κ2) is 4.28. The van der Waals surface area contributed by atoms with Crippen LogP contribution in [-0.4, -0.2) is 11.5 Å². The summed E-state index contributed by atoms with van der Waals surface area (Å²) in [6.45, 7) is 0.920. The molecule has 1 fully saturated rings. The van der Waals surface area contributed by atoms with Crippen LogP contribution in [0.25, 0.3) is 11.1 Å². The summed E-state index contributed by atoms with van der Waals surface area (Å²) >= 11 is 0. The molecule has 4 nitrogen and oxygen atoms in total. The number of anilines is 2. The first-order valence-corrected chi connectivity index (χ1v) is 6.22. The van der Waals surface area contributed by atoms with Gasteiger partial charge in [0.15, 0.2) is 5.58 Å². The quantitative estimate of drug-likeness (QED) is 0.613. The monoisotopic (exact) mass is 231 g/mol. The first-order valence-electron chi connectivity index (χ1n) is 6.22. The van der Waals surface area contributed by atoms with E-state index in [1.807, 2.05) is 18.2 Å². The average Bonchev–Trinajstić information content (AvgIpc) is 3.04. The summed E-state index contributed by atoms with van der Waals surface area (Å²) in [5, 5.41) is 3.21. The lowest BCUT2D eigenvalue weighted by molar-refractivity contribution is 0.605. The Labute approximate surface area is 100 Å². The number of hydrogen-bond donors (Lipinski definition) is 2. The number of oxazole rings is 1. The normalized spacial score (nSPS) is 15.3. The van der Waals surface area contributed by atoms with Crippen molar-refractivity contribution in [1.29, 1.82) is 0 Å². The van der Waals surface area contributed by atoms with Gasteiger partial charge in [0, 0.05) is 6.54 Å². The predicted molar refractivity (Wildman–Crippen MR) is 68.9 cm³/mol. The van der Waals surface area contributed by atoms with Crippen LogP contribution in [0.5, 0.6) is 0 Å². The van der Waals surface area contributed by atoms with E-state index < -0.39 is 0 Å². The molecule has 4 heteroatoms. The molecule has 1 aromatic carbocycles. The first-order chi connectivity index (χ1) is 8.33. The van der Waals surface area contributed by atoms with E-state index in [1.54, 1.807) is 0 Å². The number of benzene rings is 1. The van der Waals surface area contributed by atoms with Crippen molar-refractivity contribution < 1.29 is 4.42 Å². The van der Waals surface area contributed by atoms with Gasteiger partial charge in [-0.1, -0.05) is 18.9 Å². The van der Waals surface area contributed by atoms with Crippen LogP contribution in [0.15, 0.2) is 22.6 Å². The van der Waals surface area contributed by atoms with Crippen LogP contribution < -0.4 is 11.1 Å². The minimum absolute atomic E-state index is 0.577. The third kappa shape index (κ3) is 2.35. The molecular formula is C13H17N3O. The molecular weight excluding hydrogens is 214 g/mol. The van der Waals surface area contributed by atoms with Crippen molar-refractivity contribution in [1.82, 2.24) is 4.98 Å². The topological polar surface area (TPSA) is 64.1 Å². The maximum absolute atomic E-state index is 5.82. The zero-order valence-electron chi connectivity index (χ0n) is 9.78. The van der Waals surface area contributed by atoms with Crippen molar-refractivity contribution in [3.8, 4) is 0 Å². The molecule has 0 bridgehead atoms. The van der Waals surface area contributed by atoms with Gasteiger partial charge >= 0.3 is 0 Å². The maximum Gasteiger partial charge on any atom is 0.295 e. The molecule has 90 valence electrons. The third-order valence-corrected chi connectivity index (χ3v) is 3.21. The molecule has 3 N–H and O–H groups in total. The van der Waals surface area contributed by atoms with Crippen LogP contribution >= 0.6 is 0 Å². The predicted octanol–water partition coefficient (Wildman–Crippen LogP) is 3.01. The molecule has 1 aliphatic carbocycles. The minimum atomic E-state index is 0.577. The lowest BCUT2D eigenvalue weighted by Crippen LogP contribution is -2.01. The Morgan fingerprint density at radius 1 is 1.41 bits per heavy atom. The SMILES string of the molecule is Nc1cccc2oc(NCCCC3CC3)nc12. The second-order valence-electron chi connectivity index (χ2n) is 4.73. The zero-order chi connectivity index (χ0) is 11.7. The molecule has 1 aromatic heterocycles. The highest BCUT2D eigenvalue weighted by atomic mass is 16.4. The van der Waals surface area contributed by atoms with E-state index in [2.05, 4.69) is 10.3 Å². The van der Waals surface area contributed by atoms with E-state index in [1.165, 1.54) is 25.7 Å². The number of nitrogen functional groups attached to an aromatic ring is 1. The van der Waals surface area contributed by atoms with Gasteiger partial charge < -0.3 is 15.5 Å². The molecule has 0 atom stereocenters. The Hall–Kier alpha value is -1.71. The van der Waals surface area contributed by atoms with E-state index in [4.69, 9.17) is 10.2 Å². The highest BCUT2D eigenvalue weighted by Crippen LogP contribution is 2.33. The van der Waals surface area contributed by atoms with Gasteiger partial charge in [-0.25, -0.2) is 0 Å². The molecule has 0 radical (unpaired) electrons. The number of nitrogens with two attached hydrogens (primary N) is 1. The van der Waals surface area contributed by atoms with Gasteiger partial charge in [-0.05, 0) is 30.9 Å². The van der Waals surface area contributed by atoms with Gasteiger partial charge in [-0.15, -0.1) is 0 Å². The van der Waals surface area contributed by atoms with Crippen LogP contribution in [0.3, 0.4) is 0 Å². The van der Waals surface area contributed by atoms with Crippen molar-refractivity contribution in [2.75, 3.05) is 17.6 Å². The molecule has 0 amide bonds. The largest absolute Gasteiger partial charge is 0.423 e. The minimum Gasteiger partial charge on any atom is -0.423 e. The standard InChI is InChI=1S/C13H17N3O/c14-10-4-1-5-11-12(10)16-13(17-11)15-8-2-3-9-6-7-9/h1,4-5,9H,2-3,6-8,14H2,(H,15,16). The smallest absolute Gasteiger partial charge is 0.295 e. The van der Waals surface area contributed by atoms with Crippen LogP contribution in [0.1, 0.15) is 25.7 Å². The van der Waals surface area contributed by atoms with Gasteiger partial charge in [0.25, 0.3) is 6.01 Å². The van der Waals surface area contributed by atoms with E-state index >= 15 is 0 Å². The molecule has 2 aromatic rings. The van der Waals surface area contributed by atoms with Gasteiger partial charge in [-0.3, -0.25) is 0 Å². The highest BCUT2D eigenvalue weighted by Gasteiger charge is 2.20. The molecule has 1 aliphatic rings. The molecule has 0 aliphatic heterocycles. The first kappa shape index (κ1) is 10.4. The Balaban J connectivity index is 1.62. The highest BCUT2D eigenvalue weighted by molar-refractivity contribution is 5.86. The van der Waals surface area contributed by atoms with E-state index in [-0.39, 0.29) is 0 Å². The van der Waals surface area contributed by atoms with Crippen molar-refractivity contribution in [3.63, 3.8) is 0 Å². The van der Waals surface area contributed by atoms with Crippen LogP contribution in [-0.2, 0) is 0 Å². The van der Waals surface area contributed by atoms with E-state index in [0.29, 0.717) is 11.7 Å². The molecule has 17 heavy (non-hydrogen) atoms. The summed E-state index contributed by atoms with van der Waals surface area (Å²) in [6, 6.07) is 6.17. The zero-order valence-corrected chi connectivity index (χ0v) is 9.78. The Morgan fingerprint density at radius 3 is 3.06 bits per heavy atom. The number of para-hydroxylation sites is 1. The van der Waals surface area contributed by atoms with Crippen molar-refractivity contribution in [3.05, 3.63) is 18.2 Å².